The number of esters is 2. The fourth-order valence-corrected chi connectivity index (χ4v) is 2.06. The average Bonchev–Trinajstić information content (AvgIpc) is 2.71. The predicted octanol–water partition coefficient (Wildman–Crippen LogP) is 2.07. The van der Waals surface area contributed by atoms with Crippen LogP contribution in [-0.2, 0) is 19.7 Å². The maximum Gasteiger partial charge on any atom is 0.338 e. The molecule has 0 aliphatic carbocycles. The van der Waals surface area contributed by atoms with Crippen LogP contribution >= 0.6 is 0 Å². The Hall–Kier alpha value is -1.84. The summed E-state index contributed by atoms with van der Waals surface area (Å²) in [7, 11) is 0. The number of carbonyl (C=O) groups excluding carboxylic acids is 2. The molecule has 1 unspecified atom stereocenters. The van der Waals surface area contributed by atoms with Gasteiger partial charge in [0.25, 0.3) is 0 Å². The second-order valence-electron chi connectivity index (χ2n) is 4.52. The summed E-state index contributed by atoms with van der Waals surface area (Å²) in [6.07, 6.45) is 0.671. The molecular formula is C14H16O4. The van der Waals surface area contributed by atoms with E-state index in [0.717, 1.165) is 5.56 Å². The van der Waals surface area contributed by atoms with E-state index < -0.39 is 5.41 Å². The van der Waals surface area contributed by atoms with Crippen LogP contribution in [0.15, 0.2) is 24.3 Å². The van der Waals surface area contributed by atoms with Crippen molar-refractivity contribution in [3.8, 4) is 0 Å². The Kier molecular flexibility index (Phi) is 3.36. The molecule has 0 saturated carbocycles. The molecule has 1 heterocycles. The fourth-order valence-electron chi connectivity index (χ4n) is 2.06. The topological polar surface area (TPSA) is 52.6 Å². The lowest BCUT2D eigenvalue weighted by atomic mass is 9.81. The van der Waals surface area contributed by atoms with Gasteiger partial charge in [0, 0.05) is 6.42 Å². The first-order valence-electron chi connectivity index (χ1n) is 6.03. The van der Waals surface area contributed by atoms with Gasteiger partial charge in [0.15, 0.2) is 0 Å². The Labute approximate surface area is 106 Å². The second kappa shape index (κ2) is 4.80. The van der Waals surface area contributed by atoms with Gasteiger partial charge in [-0.2, -0.15) is 0 Å². The molecule has 1 aliphatic rings. The molecule has 1 aliphatic heterocycles. The fraction of sp³-hybridized carbons (Fsp3) is 0.429. The van der Waals surface area contributed by atoms with Gasteiger partial charge in [-0.3, -0.25) is 4.79 Å². The third-order valence-corrected chi connectivity index (χ3v) is 3.32. The zero-order valence-corrected chi connectivity index (χ0v) is 10.6. The highest BCUT2D eigenvalue weighted by molar-refractivity contribution is 5.90. The first-order chi connectivity index (χ1) is 8.58. The molecule has 1 fully saturated rings. The Morgan fingerprint density at radius 1 is 1.39 bits per heavy atom. The van der Waals surface area contributed by atoms with Crippen molar-refractivity contribution in [2.75, 3.05) is 13.2 Å². The number of benzene rings is 1. The molecule has 1 atom stereocenters. The van der Waals surface area contributed by atoms with Crippen molar-refractivity contribution < 1.29 is 19.1 Å². The lowest BCUT2D eigenvalue weighted by Gasteiger charge is -2.19. The average molecular weight is 248 g/mol. The standard InChI is InChI=1S/C14H16O4/c1-3-17-12(15)10-4-6-11(7-5-10)14(2)8-9-18-13(14)16/h4-7H,3,8-9H2,1-2H3. The van der Waals surface area contributed by atoms with Gasteiger partial charge in [-0.15, -0.1) is 0 Å². The summed E-state index contributed by atoms with van der Waals surface area (Å²) < 4.78 is 9.92. The summed E-state index contributed by atoms with van der Waals surface area (Å²) in [5.41, 5.74) is 0.779. The molecule has 4 heteroatoms. The number of rotatable bonds is 3. The minimum absolute atomic E-state index is 0.202. The van der Waals surface area contributed by atoms with Crippen molar-refractivity contribution in [2.45, 2.75) is 25.7 Å². The van der Waals surface area contributed by atoms with Crippen LogP contribution in [0.2, 0.25) is 0 Å². The predicted molar refractivity (Wildman–Crippen MR) is 65.3 cm³/mol. The number of hydrogen-bond donors (Lipinski definition) is 0. The highest BCUT2D eigenvalue weighted by Gasteiger charge is 2.41. The highest BCUT2D eigenvalue weighted by atomic mass is 16.5. The van der Waals surface area contributed by atoms with E-state index in [9.17, 15) is 9.59 Å². The summed E-state index contributed by atoms with van der Waals surface area (Å²) >= 11 is 0. The molecule has 0 amide bonds. The van der Waals surface area contributed by atoms with E-state index in [4.69, 9.17) is 9.47 Å². The van der Waals surface area contributed by atoms with Crippen LogP contribution in [0, 0.1) is 0 Å². The normalized spacial score (nSPS) is 22.7. The van der Waals surface area contributed by atoms with Gasteiger partial charge in [-0.25, -0.2) is 4.79 Å². The highest BCUT2D eigenvalue weighted by Crippen LogP contribution is 2.33. The Morgan fingerprint density at radius 2 is 2.06 bits per heavy atom. The van der Waals surface area contributed by atoms with Gasteiger partial charge in [-0.1, -0.05) is 12.1 Å². The third kappa shape index (κ3) is 2.10. The molecule has 0 N–H and O–H groups in total. The minimum Gasteiger partial charge on any atom is -0.465 e. The van der Waals surface area contributed by atoms with Gasteiger partial charge < -0.3 is 9.47 Å². The third-order valence-electron chi connectivity index (χ3n) is 3.32. The molecule has 0 bridgehead atoms. The van der Waals surface area contributed by atoms with Gasteiger partial charge in [0.05, 0.1) is 24.2 Å². The lowest BCUT2D eigenvalue weighted by Crippen LogP contribution is -2.27. The maximum absolute atomic E-state index is 11.7. The molecule has 1 saturated heterocycles. The molecule has 1 aromatic carbocycles. The van der Waals surface area contributed by atoms with Crippen LogP contribution in [0.25, 0.3) is 0 Å². The number of ether oxygens (including phenoxy) is 2. The van der Waals surface area contributed by atoms with Crippen LogP contribution in [0.5, 0.6) is 0 Å². The van der Waals surface area contributed by atoms with E-state index in [1.54, 1.807) is 31.2 Å². The van der Waals surface area contributed by atoms with Crippen molar-refractivity contribution >= 4 is 11.9 Å². The number of cyclic esters (lactones) is 1. The zero-order valence-electron chi connectivity index (χ0n) is 10.6. The molecule has 2 rings (SSSR count). The monoisotopic (exact) mass is 248 g/mol. The molecule has 1 aromatic rings. The summed E-state index contributed by atoms with van der Waals surface area (Å²) in [5.74, 6) is -0.547. The summed E-state index contributed by atoms with van der Waals surface area (Å²) in [6.45, 7) is 4.43. The summed E-state index contributed by atoms with van der Waals surface area (Å²) in [5, 5.41) is 0. The van der Waals surface area contributed by atoms with Crippen molar-refractivity contribution in [1.82, 2.24) is 0 Å². The Bertz CT molecular complexity index is 463. The molecule has 4 nitrogen and oxygen atoms in total. The summed E-state index contributed by atoms with van der Waals surface area (Å²) in [4.78, 5) is 23.2. The molecule has 0 aromatic heterocycles. The first kappa shape index (κ1) is 12.6. The number of hydrogen-bond acceptors (Lipinski definition) is 4. The largest absolute Gasteiger partial charge is 0.465 e. The molecular weight excluding hydrogens is 232 g/mol. The van der Waals surface area contributed by atoms with Gasteiger partial charge in [-0.05, 0) is 31.5 Å². The van der Waals surface area contributed by atoms with Gasteiger partial charge in [0.2, 0.25) is 0 Å². The number of carbonyl (C=O) groups is 2. The van der Waals surface area contributed by atoms with Crippen molar-refractivity contribution in [3.63, 3.8) is 0 Å². The van der Waals surface area contributed by atoms with Crippen molar-refractivity contribution in [2.24, 2.45) is 0 Å². The van der Waals surface area contributed by atoms with Crippen LogP contribution in [0.4, 0.5) is 0 Å². The van der Waals surface area contributed by atoms with E-state index in [0.29, 0.717) is 25.2 Å². The molecule has 0 radical (unpaired) electrons. The smallest absolute Gasteiger partial charge is 0.338 e. The van der Waals surface area contributed by atoms with Crippen LogP contribution < -0.4 is 0 Å². The van der Waals surface area contributed by atoms with Crippen LogP contribution in [-0.4, -0.2) is 25.2 Å². The minimum atomic E-state index is -0.590. The van der Waals surface area contributed by atoms with E-state index in [-0.39, 0.29) is 11.9 Å². The Morgan fingerprint density at radius 3 is 2.56 bits per heavy atom. The zero-order chi connectivity index (χ0) is 13.2. The van der Waals surface area contributed by atoms with Gasteiger partial charge in [0.1, 0.15) is 0 Å². The SMILES string of the molecule is CCOC(=O)c1ccc(C2(C)CCOC2=O)cc1. The first-order valence-corrected chi connectivity index (χ1v) is 6.03. The van der Waals surface area contributed by atoms with Crippen molar-refractivity contribution in [1.29, 1.82) is 0 Å². The summed E-state index contributed by atoms with van der Waals surface area (Å²) in [6, 6.07) is 6.95. The lowest BCUT2D eigenvalue weighted by molar-refractivity contribution is -0.142. The quantitative estimate of drug-likeness (QED) is 0.768. The van der Waals surface area contributed by atoms with E-state index in [2.05, 4.69) is 0 Å². The van der Waals surface area contributed by atoms with E-state index in [1.807, 2.05) is 6.92 Å². The van der Waals surface area contributed by atoms with Crippen molar-refractivity contribution in [3.05, 3.63) is 35.4 Å². The van der Waals surface area contributed by atoms with E-state index in [1.165, 1.54) is 0 Å². The molecule has 96 valence electrons. The molecule has 0 spiro atoms. The second-order valence-corrected chi connectivity index (χ2v) is 4.52. The van der Waals surface area contributed by atoms with E-state index >= 15 is 0 Å². The molecule has 18 heavy (non-hydrogen) atoms. The maximum atomic E-state index is 11.7. The van der Waals surface area contributed by atoms with Gasteiger partial charge >= 0.3 is 11.9 Å². The Balaban J connectivity index is 2.22. The van der Waals surface area contributed by atoms with Crippen LogP contribution in [0.1, 0.15) is 36.2 Å². The van der Waals surface area contributed by atoms with Crippen LogP contribution in [0.3, 0.4) is 0 Å².